The van der Waals surface area contributed by atoms with Crippen LogP contribution in [-0.2, 0) is 0 Å². The van der Waals surface area contributed by atoms with Crippen molar-refractivity contribution < 1.29 is 0 Å². The Morgan fingerprint density at radius 2 is 1.56 bits per heavy atom. The Hall–Kier alpha value is -3.51. The Bertz CT molecular complexity index is 1280. The lowest BCUT2D eigenvalue weighted by Gasteiger charge is -2.20. The fourth-order valence-corrected chi connectivity index (χ4v) is 4.89. The van der Waals surface area contributed by atoms with Gasteiger partial charge in [-0.05, 0) is 87.9 Å². The molecule has 4 rings (SSSR count). The molecule has 1 unspecified atom stereocenters. The molecule has 3 nitrogen and oxygen atoms in total. The van der Waals surface area contributed by atoms with E-state index in [1.54, 1.807) is 0 Å². The summed E-state index contributed by atoms with van der Waals surface area (Å²) in [5.74, 6) is 0.464. The number of hydrogen-bond acceptors (Lipinski definition) is 3. The molecule has 0 N–H and O–H groups in total. The first-order valence-corrected chi connectivity index (χ1v) is 11.1. The molecule has 3 aromatic rings. The third-order valence-corrected chi connectivity index (χ3v) is 5.98. The number of rotatable bonds is 3. The molecule has 0 aliphatic heterocycles. The lowest BCUT2D eigenvalue weighted by Crippen LogP contribution is -2.06. The highest BCUT2D eigenvalue weighted by molar-refractivity contribution is 5.81. The van der Waals surface area contributed by atoms with E-state index in [9.17, 15) is 5.26 Å². The van der Waals surface area contributed by atoms with Gasteiger partial charge in [0.25, 0.3) is 0 Å². The SMILES string of the molecule is CC1=CC(C)CC(c2nc(-c3c(C)cc(C#N)cc3C)cnc2-c2cc(C)cc(C)c2)=C1. The van der Waals surface area contributed by atoms with E-state index in [4.69, 9.17) is 9.97 Å². The van der Waals surface area contributed by atoms with Crippen LogP contribution in [0.15, 0.2) is 54.3 Å². The standard InChI is InChI=1S/C29H29N3/c1-17-7-18(2)10-24(9-17)28-29(25-11-19(3)8-20(4)12-25)32-26(16-31-28)27-21(5)13-23(15-30)14-22(27)6/h7-11,13-14,16,20H,12H2,1-6H3. The monoisotopic (exact) mass is 419 g/mol. The van der Waals surface area contributed by atoms with Crippen molar-refractivity contribution in [2.75, 3.05) is 0 Å². The Labute approximate surface area is 191 Å². The second kappa shape index (κ2) is 8.55. The number of nitrogens with zero attached hydrogens (tertiary/aromatic N) is 3. The van der Waals surface area contributed by atoms with E-state index < -0.39 is 0 Å². The van der Waals surface area contributed by atoms with Gasteiger partial charge in [0.1, 0.15) is 0 Å². The van der Waals surface area contributed by atoms with Gasteiger partial charge in [0.05, 0.1) is 34.9 Å². The second-order valence-electron chi connectivity index (χ2n) is 9.19. The van der Waals surface area contributed by atoms with Crippen molar-refractivity contribution in [3.05, 3.63) is 87.8 Å². The quantitative estimate of drug-likeness (QED) is 0.448. The van der Waals surface area contributed by atoms with Crippen LogP contribution in [0.1, 0.15) is 53.8 Å². The van der Waals surface area contributed by atoms with E-state index in [-0.39, 0.29) is 0 Å². The second-order valence-corrected chi connectivity index (χ2v) is 9.19. The molecule has 0 saturated heterocycles. The van der Waals surface area contributed by atoms with Crippen LogP contribution in [-0.4, -0.2) is 9.97 Å². The topological polar surface area (TPSA) is 49.6 Å². The summed E-state index contributed by atoms with van der Waals surface area (Å²) >= 11 is 0. The fourth-order valence-electron chi connectivity index (χ4n) is 4.89. The van der Waals surface area contributed by atoms with Gasteiger partial charge in [-0.15, -0.1) is 0 Å². The molecular formula is C29H29N3. The predicted octanol–water partition coefficient (Wildman–Crippen LogP) is 7.29. The Balaban J connectivity index is 1.96. The summed E-state index contributed by atoms with van der Waals surface area (Å²) in [6.07, 6.45) is 7.39. The van der Waals surface area contributed by atoms with Gasteiger partial charge >= 0.3 is 0 Å². The van der Waals surface area contributed by atoms with Crippen LogP contribution in [0.2, 0.25) is 0 Å². The highest BCUT2D eigenvalue weighted by Gasteiger charge is 2.20. The minimum Gasteiger partial charge on any atom is -0.252 e. The summed E-state index contributed by atoms with van der Waals surface area (Å²) < 4.78 is 0. The first-order chi connectivity index (χ1) is 15.2. The summed E-state index contributed by atoms with van der Waals surface area (Å²) in [6, 6.07) is 12.7. The van der Waals surface area contributed by atoms with E-state index >= 15 is 0 Å². The smallest absolute Gasteiger partial charge is 0.0991 e. The van der Waals surface area contributed by atoms with Gasteiger partial charge in [0, 0.05) is 11.1 Å². The van der Waals surface area contributed by atoms with E-state index in [0.29, 0.717) is 11.5 Å². The van der Waals surface area contributed by atoms with Gasteiger partial charge in [-0.2, -0.15) is 5.26 Å². The molecule has 0 bridgehead atoms. The zero-order valence-electron chi connectivity index (χ0n) is 19.7. The molecule has 160 valence electrons. The van der Waals surface area contributed by atoms with Crippen LogP contribution in [0.5, 0.6) is 0 Å². The summed E-state index contributed by atoms with van der Waals surface area (Å²) in [5.41, 5.74) is 12.6. The van der Waals surface area contributed by atoms with Crippen molar-refractivity contribution in [3.8, 4) is 28.6 Å². The van der Waals surface area contributed by atoms with Crippen molar-refractivity contribution in [3.63, 3.8) is 0 Å². The van der Waals surface area contributed by atoms with Gasteiger partial charge in [-0.25, -0.2) is 4.98 Å². The number of benzene rings is 2. The van der Waals surface area contributed by atoms with Gasteiger partial charge in [0.15, 0.2) is 0 Å². The first kappa shape index (κ1) is 21.7. The van der Waals surface area contributed by atoms with Crippen LogP contribution in [0.3, 0.4) is 0 Å². The summed E-state index contributed by atoms with van der Waals surface area (Å²) in [4.78, 5) is 10.2. The molecule has 1 heterocycles. The molecule has 1 aliphatic rings. The molecule has 0 amide bonds. The maximum absolute atomic E-state index is 9.33. The largest absolute Gasteiger partial charge is 0.252 e. The lowest BCUT2D eigenvalue weighted by atomic mass is 9.88. The number of hydrogen-bond donors (Lipinski definition) is 0. The highest BCUT2D eigenvalue weighted by Crippen LogP contribution is 2.36. The van der Waals surface area contributed by atoms with Crippen LogP contribution in [0.4, 0.5) is 0 Å². The number of allylic oxidation sites excluding steroid dienone is 4. The molecule has 32 heavy (non-hydrogen) atoms. The Morgan fingerprint density at radius 1 is 0.906 bits per heavy atom. The molecular weight excluding hydrogens is 390 g/mol. The zero-order valence-corrected chi connectivity index (χ0v) is 19.7. The molecule has 2 aromatic carbocycles. The Kier molecular flexibility index (Phi) is 5.80. The van der Waals surface area contributed by atoms with Crippen molar-refractivity contribution >= 4 is 5.57 Å². The lowest BCUT2D eigenvalue weighted by molar-refractivity contribution is 0.739. The van der Waals surface area contributed by atoms with Crippen molar-refractivity contribution in [2.24, 2.45) is 5.92 Å². The van der Waals surface area contributed by atoms with Crippen molar-refractivity contribution in [2.45, 2.75) is 48.0 Å². The molecule has 0 fully saturated rings. The number of nitriles is 1. The van der Waals surface area contributed by atoms with E-state index in [1.165, 1.54) is 22.3 Å². The maximum Gasteiger partial charge on any atom is 0.0991 e. The third kappa shape index (κ3) is 4.27. The minimum atomic E-state index is 0.464. The average molecular weight is 420 g/mol. The van der Waals surface area contributed by atoms with Gasteiger partial charge < -0.3 is 0 Å². The van der Waals surface area contributed by atoms with Gasteiger partial charge in [-0.3, -0.25) is 4.98 Å². The van der Waals surface area contributed by atoms with Gasteiger partial charge in [-0.1, -0.05) is 41.8 Å². The Morgan fingerprint density at radius 3 is 2.16 bits per heavy atom. The third-order valence-electron chi connectivity index (χ3n) is 5.98. The summed E-state index contributed by atoms with van der Waals surface area (Å²) in [7, 11) is 0. The minimum absolute atomic E-state index is 0.464. The van der Waals surface area contributed by atoms with Crippen LogP contribution < -0.4 is 0 Å². The molecule has 1 aliphatic carbocycles. The van der Waals surface area contributed by atoms with E-state index in [2.05, 4.69) is 64.1 Å². The van der Waals surface area contributed by atoms with Crippen LogP contribution >= 0.6 is 0 Å². The number of aryl methyl sites for hydroxylation is 4. The summed E-state index contributed by atoms with van der Waals surface area (Å²) in [6.45, 7) is 12.7. The van der Waals surface area contributed by atoms with Crippen molar-refractivity contribution in [1.82, 2.24) is 9.97 Å². The van der Waals surface area contributed by atoms with Crippen LogP contribution in [0, 0.1) is 44.9 Å². The van der Waals surface area contributed by atoms with E-state index in [1.807, 2.05) is 32.2 Å². The van der Waals surface area contributed by atoms with E-state index in [0.717, 1.165) is 45.8 Å². The highest BCUT2D eigenvalue weighted by atomic mass is 14.8. The first-order valence-electron chi connectivity index (χ1n) is 11.1. The fraction of sp³-hybridized carbons (Fsp3) is 0.276. The average Bonchev–Trinajstić information content (AvgIpc) is 2.71. The zero-order chi connectivity index (χ0) is 23.0. The molecule has 1 atom stereocenters. The molecule has 1 aromatic heterocycles. The normalized spacial score (nSPS) is 15.7. The molecule has 0 saturated carbocycles. The van der Waals surface area contributed by atoms with Gasteiger partial charge in [0.2, 0.25) is 0 Å². The van der Waals surface area contributed by atoms with Crippen LogP contribution in [0.25, 0.3) is 28.1 Å². The number of aromatic nitrogens is 2. The van der Waals surface area contributed by atoms with Crippen molar-refractivity contribution in [1.29, 1.82) is 5.26 Å². The molecule has 3 heteroatoms. The summed E-state index contributed by atoms with van der Waals surface area (Å²) in [5, 5.41) is 9.33. The molecule has 0 radical (unpaired) electrons. The predicted molar refractivity (Wildman–Crippen MR) is 132 cm³/mol. The maximum atomic E-state index is 9.33. The molecule has 0 spiro atoms.